The lowest BCUT2D eigenvalue weighted by atomic mass is 10.2. The van der Waals surface area contributed by atoms with Gasteiger partial charge in [0.1, 0.15) is 17.2 Å². The number of hydrogen-bond donors (Lipinski definition) is 2. The lowest BCUT2D eigenvalue weighted by Crippen LogP contribution is -2.24. The van der Waals surface area contributed by atoms with Crippen LogP contribution in [0.15, 0.2) is 65.6 Å². The van der Waals surface area contributed by atoms with Crippen LogP contribution in [0, 0.1) is 0 Å². The number of carbonyl (C=O) groups is 1. The first-order valence-corrected chi connectivity index (χ1v) is 8.76. The lowest BCUT2D eigenvalue weighted by molar-refractivity contribution is -0.140. The number of aliphatic imine (C=N–C) groups is 1. The number of alkyl halides is 3. The number of imidazole rings is 1. The van der Waals surface area contributed by atoms with Crippen LogP contribution in [0.5, 0.6) is 0 Å². The second kappa shape index (κ2) is 8.27. The Kier molecular flexibility index (Phi) is 5.77. The first kappa shape index (κ1) is 20.9. The van der Waals surface area contributed by atoms with Gasteiger partial charge in [-0.3, -0.25) is 14.2 Å². The van der Waals surface area contributed by atoms with Gasteiger partial charge in [-0.2, -0.15) is 13.2 Å². The molecular weight excluding hydrogens is 397 g/mol. The first-order chi connectivity index (χ1) is 14.2. The molecule has 30 heavy (non-hydrogen) atoms. The normalized spacial score (nSPS) is 12.0. The first-order valence-electron chi connectivity index (χ1n) is 8.76. The van der Waals surface area contributed by atoms with Crippen LogP contribution >= 0.6 is 0 Å². The number of amides is 1. The Bertz CT molecular complexity index is 1100. The lowest BCUT2D eigenvalue weighted by Gasteiger charge is -2.16. The summed E-state index contributed by atoms with van der Waals surface area (Å²) in [7, 11) is 3.43. The molecule has 3 rings (SSSR count). The maximum Gasteiger partial charge on any atom is 0.434 e. The molecule has 0 saturated carbocycles. The second-order valence-electron chi connectivity index (χ2n) is 6.51. The van der Waals surface area contributed by atoms with Crippen molar-refractivity contribution in [3.63, 3.8) is 0 Å². The molecule has 0 bridgehead atoms. The zero-order valence-electron chi connectivity index (χ0n) is 16.2. The summed E-state index contributed by atoms with van der Waals surface area (Å²) >= 11 is 0. The molecule has 7 nitrogen and oxygen atoms in total. The molecule has 2 N–H and O–H groups in total. The van der Waals surface area contributed by atoms with Crippen molar-refractivity contribution in [3.8, 4) is 0 Å². The number of nitrogens with zero attached hydrogens (tertiary/aromatic N) is 4. The van der Waals surface area contributed by atoms with Gasteiger partial charge in [0.25, 0.3) is 5.91 Å². The maximum atomic E-state index is 12.9. The van der Waals surface area contributed by atoms with Gasteiger partial charge >= 0.3 is 6.18 Å². The molecule has 156 valence electrons. The maximum absolute atomic E-state index is 12.9. The van der Waals surface area contributed by atoms with Gasteiger partial charge in [0.15, 0.2) is 5.69 Å². The summed E-state index contributed by atoms with van der Waals surface area (Å²) in [6, 6.07) is 11.5. The average molecular weight is 416 g/mol. The van der Waals surface area contributed by atoms with Crippen molar-refractivity contribution in [2.45, 2.75) is 6.18 Å². The summed E-state index contributed by atoms with van der Waals surface area (Å²) in [5, 5.41) is 5.80. The molecule has 10 heteroatoms. The number of rotatable bonds is 6. The number of nitrogens with one attached hydrogen (secondary N) is 2. The Morgan fingerprint density at radius 2 is 1.83 bits per heavy atom. The molecule has 3 aromatic rings. The van der Waals surface area contributed by atoms with Gasteiger partial charge in [-0.05, 0) is 43.1 Å². The summed E-state index contributed by atoms with van der Waals surface area (Å²) < 4.78 is 40.2. The molecule has 0 aliphatic rings. The standard InChI is InChI=1S/C20H19F3N6O/c1-24-11-15(28(2)3)19(30)26-14-9-7-13(8-10-14)25-17-5-4-6-18-27-16(12-29(17)18)20(21,22)23/h4-12,25H,1H2,2-3H3,(H,26,30)/b15-11-. The highest BCUT2D eigenvalue weighted by Crippen LogP contribution is 2.30. The molecule has 0 saturated heterocycles. The van der Waals surface area contributed by atoms with Gasteiger partial charge in [0.2, 0.25) is 0 Å². The van der Waals surface area contributed by atoms with Gasteiger partial charge in [-0.25, -0.2) is 4.98 Å². The predicted molar refractivity (Wildman–Crippen MR) is 110 cm³/mol. The highest BCUT2D eigenvalue weighted by atomic mass is 19.4. The molecule has 0 spiro atoms. The van der Waals surface area contributed by atoms with Crippen molar-refractivity contribution >= 4 is 35.5 Å². The Labute approximate surface area is 170 Å². The second-order valence-corrected chi connectivity index (χ2v) is 6.51. The predicted octanol–water partition coefficient (Wildman–Crippen LogP) is 4.14. The summed E-state index contributed by atoms with van der Waals surface area (Å²) in [5.74, 6) is 0.0677. The number of carbonyl (C=O) groups excluding carboxylic acids is 1. The van der Waals surface area contributed by atoms with Crippen LogP contribution in [0.25, 0.3) is 5.65 Å². The summed E-state index contributed by atoms with van der Waals surface area (Å²) in [4.78, 5) is 21.2. The SMILES string of the molecule is C=N/C=C(/C(=O)Nc1ccc(Nc2cccc3nc(C(F)(F)F)cn23)cc1)N(C)C. The Morgan fingerprint density at radius 3 is 2.43 bits per heavy atom. The molecule has 1 amide bonds. The van der Waals surface area contributed by atoms with E-state index in [4.69, 9.17) is 0 Å². The van der Waals surface area contributed by atoms with E-state index in [1.54, 1.807) is 55.4 Å². The molecule has 0 atom stereocenters. The van der Waals surface area contributed by atoms with Gasteiger partial charge < -0.3 is 15.5 Å². The van der Waals surface area contributed by atoms with E-state index in [0.29, 0.717) is 22.9 Å². The van der Waals surface area contributed by atoms with Crippen molar-refractivity contribution in [1.82, 2.24) is 14.3 Å². The van der Waals surface area contributed by atoms with Crippen LogP contribution in [0.3, 0.4) is 0 Å². The highest BCUT2D eigenvalue weighted by Gasteiger charge is 2.34. The van der Waals surface area contributed by atoms with Crippen LogP contribution in [0.4, 0.5) is 30.4 Å². The van der Waals surface area contributed by atoms with Crippen LogP contribution in [0.1, 0.15) is 5.69 Å². The topological polar surface area (TPSA) is 74.0 Å². The van der Waals surface area contributed by atoms with E-state index in [-0.39, 0.29) is 11.6 Å². The van der Waals surface area contributed by atoms with Crippen molar-refractivity contribution in [1.29, 1.82) is 0 Å². The van der Waals surface area contributed by atoms with Crippen LogP contribution in [-0.2, 0) is 11.0 Å². The highest BCUT2D eigenvalue weighted by molar-refractivity contribution is 6.03. The average Bonchev–Trinajstić information content (AvgIpc) is 3.13. The molecule has 2 aromatic heterocycles. The number of fused-ring (bicyclic) bond motifs is 1. The number of anilines is 3. The Balaban J connectivity index is 1.78. The number of halogens is 3. The van der Waals surface area contributed by atoms with E-state index in [1.807, 2.05) is 0 Å². The summed E-state index contributed by atoms with van der Waals surface area (Å²) in [5.41, 5.74) is 0.713. The molecule has 0 unspecified atom stereocenters. The number of benzene rings is 1. The summed E-state index contributed by atoms with van der Waals surface area (Å²) in [6.45, 7) is 3.35. The number of aromatic nitrogens is 2. The molecule has 0 aliphatic carbocycles. The number of likely N-dealkylation sites (N-methyl/N-ethyl adjacent to an activating group) is 1. The monoisotopic (exact) mass is 416 g/mol. The van der Waals surface area contributed by atoms with Crippen molar-refractivity contribution < 1.29 is 18.0 Å². The molecule has 0 radical (unpaired) electrons. The molecule has 0 aliphatic heterocycles. The van der Waals surface area contributed by atoms with Crippen molar-refractivity contribution in [2.24, 2.45) is 4.99 Å². The van der Waals surface area contributed by atoms with E-state index in [9.17, 15) is 18.0 Å². The van der Waals surface area contributed by atoms with E-state index in [1.165, 1.54) is 16.7 Å². The minimum absolute atomic E-state index is 0.176. The van der Waals surface area contributed by atoms with E-state index < -0.39 is 11.9 Å². The van der Waals surface area contributed by atoms with Crippen LogP contribution in [-0.4, -0.2) is 41.0 Å². The molecule has 2 heterocycles. The smallest absolute Gasteiger partial charge is 0.372 e. The van der Waals surface area contributed by atoms with Gasteiger partial charge in [-0.15, -0.1) is 0 Å². The quantitative estimate of drug-likeness (QED) is 0.468. The van der Waals surface area contributed by atoms with E-state index in [2.05, 4.69) is 27.3 Å². The zero-order valence-corrected chi connectivity index (χ0v) is 16.2. The third-order valence-corrected chi connectivity index (χ3v) is 4.13. The van der Waals surface area contributed by atoms with E-state index in [0.717, 1.165) is 6.20 Å². The fraction of sp³-hybridized carbons (Fsp3) is 0.150. The minimum atomic E-state index is -4.52. The molecule has 1 aromatic carbocycles. The van der Waals surface area contributed by atoms with E-state index >= 15 is 0 Å². The van der Waals surface area contributed by atoms with Gasteiger partial charge in [-0.1, -0.05) is 6.07 Å². The van der Waals surface area contributed by atoms with Crippen LogP contribution < -0.4 is 10.6 Å². The van der Waals surface area contributed by atoms with Crippen molar-refractivity contribution in [3.05, 3.63) is 66.3 Å². The van der Waals surface area contributed by atoms with Gasteiger partial charge in [0, 0.05) is 31.7 Å². The number of pyridine rings is 1. The number of hydrogen-bond acceptors (Lipinski definition) is 5. The third kappa shape index (κ3) is 4.59. The fourth-order valence-electron chi connectivity index (χ4n) is 2.69. The fourth-order valence-corrected chi connectivity index (χ4v) is 2.69. The third-order valence-electron chi connectivity index (χ3n) is 4.13. The zero-order chi connectivity index (χ0) is 21.9. The Hall–Kier alpha value is -3.82. The van der Waals surface area contributed by atoms with Crippen molar-refractivity contribution in [2.75, 3.05) is 24.7 Å². The summed E-state index contributed by atoms with van der Waals surface area (Å²) in [6.07, 6.45) is -2.23. The minimum Gasteiger partial charge on any atom is -0.372 e. The largest absolute Gasteiger partial charge is 0.434 e. The Morgan fingerprint density at radius 1 is 1.17 bits per heavy atom. The van der Waals surface area contributed by atoms with Gasteiger partial charge in [0.05, 0.1) is 6.20 Å². The van der Waals surface area contributed by atoms with Crippen LogP contribution in [0.2, 0.25) is 0 Å². The molecular formula is C20H19F3N6O. The molecule has 0 fully saturated rings.